The van der Waals surface area contributed by atoms with Crippen LogP contribution in [0.5, 0.6) is 0 Å². The quantitative estimate of drug-likeness (QED) is 0.215. The van der Waals surface area contributed by atoms with Crippen molar-refractivity contribution in [2.45, 2.75) is 13.3 Å². The van der Waals surface area contributed by atoms with Gasteiger partial charge in [-0.05, 0) is 24.0 Å². The third kappa shape index (κ3) is 1.93. The summed E-state index contributed by atoms with van der Waals surface area (Å²) in [5.74, 6) is 5.33. The van der Waals surface area contributed by atoms with Crippen molar-refractivity contribution < 1.29 is 0 Å². The summed E-state index contributed by atoms with van der Waals surface area (Å²) in [7, 11) is 0. The van der Waals surface area contributed by atoms with Crippen molar-refractivity contribution in [3.63, 3.8) is 0 Å². The second-order valence-electron chi connectivity index (χ2n) is 3.38. The Labute approximate surface area is 82.8 Å². The average molecular weight is 193 g/mol. The van der Waals surface area contributed by atoms with Crippen LogP contribution in [0.3, 0.4) is 0 Å². The fourth-order valence-electron chi connectivity index (χ4n) is 1.46. The highest BCUT2D eigenvalue weighted by molar-refractivity contribution is 6.00. The second-order valence-corrected chi connectivity index (χ2v) is 3.38. The van der Waals surface area contributed by atoms with E-state index in [-0.39, 0.29) is 11.8 Å². The molecule has 0 saturated heterocycles. The van der Waals surface area contributed by atoms with Gasteiger partial charge in [0.1, 0.15) is 5.84 Å². The van der Waals surface area contributed by atoms with Crippen LogP contribution in [-0.4, -0.2) is 12.1 Å². The molecule has 7 N–H and O–H groups in total. The molecule has 76 valence electrons. The minimum Gasteiger partial charge on any atom is -0.401 e. The molecular formula is C9H15N5. The van der Waals surface area contributed by atoms with Crippen LogP contribution in [0, 0.1) is 11.3 Å². The maximum absolute atomic E-state index is 7.33. The molecule has 0 heterocycles. The van der Waals surface area contributed by atoms with Gasteiger partial charge in [-0.15, -0.1) is 0 Å². The van der Waals surface area contributed by atoms with E-state index in [9.17, 15) is 0 Å². The van der Waals surface area contributed by atoms with Gasteiger partial charge in [-0.3, -0.25) is 5.41 Å². The zero-order valence-corrected chi connectivity index (χ0v) is 8.12. The number of hydrogen-bond acceptors (Lipinski definition) is 4. The summed E-state index contributed by atoms with van der Waals surface area (Å²) >= 11 is 0. The minimum absolute atomic E-state index is 0.0164. The molecule has 0 saturated carbocycles. The fourth-order valence-corrected chi connectivity index (χ4v) is 1.46. The highest BCUT2D eigenvalue weighted by atomic mass is 15.1. The van der Waals surface area contributed by atoms with Gasteiger partial charge in [0.05, 0.1) is 6.21 Å². The molecule has 5 nitrogen and oxygen atoms in total. The monoisotopic (exact) mass is 193 g/mol. The Morgan fingerprint density at radius 1 is 1.71 bits per heavy atom. The highest BCUT2D eigenvalue weighted by Crippen LogP contribution is 2.25. The fraction of sp³-hybridized carbons (Fsp3) is 0.333. The summed E-state index contributed by atoms with van der Waals surface area (Å²) in [5.41, 5.74) is 13.3. The van der Waals surface area contributed by atoms with Crippen LogP contribution >= 0.6 is 0 Å². The number of hydrogen-bond donors (Lipinski definition) is 4. The molecule has 0 bridgehead atoms. The summed E-state index contributed by atoms with van der Waals surface area (Å²) in [6.07, 6.45) is 4.02. The lowest BCUT2D eigenvalue weighted by molar-refractivity contribution is 0.679. The molecule has 0 fully saturated rings. The molecule has 14 heavy (non-hydrogen) atoms. The standard InChI is InChI=1S/C9H15N5/c1-5-2-8(10)7(9(11)12)3-6(5)4-14-13/h3-5H,2,10,13H2,1H3,(H3,11,12). The maximum atomic E-state index is 7.33. The molecule has 1 rings (SSSR count). The van der Waals surface area contributed by atoms with Crippen molar-refractivity contribution in [2.75, 3.05) is 0 Å². The van der Waals surface area contributed by atoms with Crippen molar-refractivity contribution in [3.8, 4) is 0 Å². The van der Waals surface area contributed by atoms with Crippen LogP contribution in [0.1, 0.15) is 13.3 Å². The van der Waals surface area contributed by atoms with E-state index in [0.29, 0.717) is 17.7 Å². The van der Waals surface area contributed by atoms with E-state index in [1.54, 1.807) is 12.3 Å². The lowest BCUT2D eigenvalue weighted by Crippen LogP contribution is -2.22. The number of hydrazone groups is 1. The zero-order chi connectivity index (χ0) is 10.7. The molecule has 5 heteroatoms. The van der Waals surface area contributed by atoms with Crippen LogP contribution in [0.25, 0.3) is 0 Å². The van der Waals surface area contributed by atoms with Gasteiger partial charge in [0, 0.05) is 11.3 Å². The Bertz CT molecular complexity index is 337. The topological polar surface area (TPSA) is 114 Å². The van der Waals surface area contributed by atoms with Gasteiger partial charge in [-0.2, -0.15) is 5.10 Å². The predicted molar refractivity (Wildman–Crippen MR) is 57.7 cm³/mol. The lowest BCUT2D eigenvalue weighted by atomic mass is 9.88. The second kappa shape index (κ2) is 3.95. The van der Waals surface area contributed by atoms with Crippen LogP contribution in [0.15, 0.2) is 28.0 Å². The van der Waals surface area contributed by atoms with Gasteiger partial charge in [0.25, 0.3) is 0 Å². The van der Waals surface area contributed by atoms with E-state index in [0.717, 1.165) is 5.57 Å². The summed E-state index contributed by atoms with van der Waals surface area (Å²) < 4.78 is 0. The molecule has 0 aromatic carbocycles. The lowest BCUT2D eigenvalue weighted by Gasteiger charge is -2.20. The van der Waals surface area contributed by atoms with Crippen LogP contribution in [0.4, 0.5) is 0 Å². The number of amidine groups is 1. The third-order valence-electron chi connectivity index (χ3n) is 2.27. The molecule has 0 aromatic heterocycles. The molecular weight excluding hydrogens is 178 g/mol. The molecule has 1 unspecified atom stereocenters. The average Bonchev–Trinajstić information content (AvgIpc) is 2.09. The number of nitrogens with two attached hydrogens (primary N) is 3. The van der Waals surface area contributed by atoms with Crippen molar-refractivity contribution in [1.82, 2.24) is 0 Å². The molecule has 1 aliphatic carbocycles. The first-order chi connectivity index (χ1) is 6.56. The molecule has 0 radical (unpaired) electrons. The smallest absolute Gasteiger partial charge is 0.124 e. The summed E-state index contributed by atoms with van der Waals surface area (Å²) in [4.78, 5) is 0. The maximum Gasteiger partial charge on any atom is 0.124 e. The minimum atomic E-state index is -0.0164. The molecule has 1 aliphatic rings. The van der Waals surface area contributed by atoms with E-state index in [1.165, 1.54) is 0 Å². The number of allylic oxidation sites excluding steroid dienone is 2. The van der Waals surface area contributed by atoms with Gasteiger partial charge in [-0.1, -0.05) is 6.92 Å². The Kier molecular flexibility index (Phi) is 2.91. The zero-order valence-electron chi connectivity index (χ0n) is 8.12. The summed E-state index contributed by atoms with van der Waals surface area (Å²) in [6, 6.07) is 0. The highest BCUT2D eigenvalue weighted by Gasteiger charge is 2.18. The summed E-state index contributed by atoms with van der Waals surface area (Å²) in [5, 5.41) is 10.8. The molecule has 1 atom stereocenters. The number of rotatable bonds is 2. The number of nitrogens with one attached hydrogen (secondary N) is 1. The van der Waals surface area contributed by atoms with Crippen molar-refractivity contribution >= 4 is 12.1 Å². The largest absolute Gasteiger partial charge is 0.401 e. The van der Waals surface area contributed by atoms with E-state index < -0.39 is 0 Å². The van der Waals surface area contributed by atoms with Gasteiger partial charge < -0.3 is 17.3 Å². The predicted octanol–water partition coefficient (Wildman–Crippen LogP) is 0.0459. The van der Waals surface area contributed by atoms with E-state index in [2.05, 4.69) is 5.10 Å². The van der Waals surface area contributed by atoms with Crippen LogP contribution in [0.2, 0.25) is 0 Å². The Balaban J connectivity index is 3.08. The third-order valence-corrected chi connectivity index (χ3v) is 2.27. The molecule has 0 aromatic rings. The molecule has 0 amide bonds. The number of nitrogens with zero attached hydrogens (tertiary/aromatic N) is 1. The van der Waals surface area contributed by atoms with Gasteiger partial charge in [-0.25, -0.2) is 0 Å². The summed E-state index contributed by atoms with van der Waals surface area (Å²) in [6.45, 7) is 2.03. The van der Waals surface area contributed by atoms with Crippen molar-refractivity contribution in [1.29, 1.82) is 5.41 Å². The van der Waals surface area contributed by atoms with Crippen molar-refractivity contribution in [2.24, 2.45) is 28.3 Å². The van der Waals surface area contributed by atoms with E-state index >= 15 is 0 Å². The molecule has 0 spiro atoms. The van der Waals surface area contributed by atoms with E-state index in [4.69, 9.17) is 22.7 Å². The normalized spacial score (nSPS) is 22.6. The first-order valence-electron chi connectivity index (χ1n) is 4.34. The Morgan fingerprint density at radius 3 is 2.86 bits per heavy atom. The van der Waals surface area contributed by atoms with Gasteiger partial charge >= 0.3 is 0 Å². The Morgan fingerprint density at radius 2 is 2.36 bits per heavy atom. The first-order valence-corrected chi connectivity index (χ1v) is 4.34. The first kappa shape index (κ1) is 10.3. The van der Waals surface area contributed by atoms with Gasteiger partial charge in [0.2, 0.25) is 0 Å². The Hall–Kier alpha value is -1.78. The van der Waals surface area contributed by atoms with Crippen LogP contribution < -0.4 is 17.3 Å². The van der Waals surface area contributed by atoms with E-state index in [1.807, 2.05) is 6.92 Å². The molecule has 0 aliphatic heterocycles. The van der Waals surface area contributed by atoms with Crippen molar-refractivity contribution in [3.05, 3.63) is 22.9 Å². The SMILES string of the molecule is CC1CC(N)=C(C(=N)N)C=C1C=NN. The van der Waals surface area contributed by atoms with Crippen LogP contribution in [-0.2, 0) is 0 Å². The van der Waals surface area contributed by atoms with Gasteiger partial charge in [0.15, 0.2) is 0 Å².